The third-order valence-electron chi connectivity index (χ3n) is 4.69. The molecule has 27 heavy (non-hydrogen) atoms. The molecule has 3 rings (SSSR count). The molecule has 8 nitrogen and oxygen atoms in total. The highest BCUT2D eigenvalue weighted by atomic mass is 16.3. The van der Waals surface area contributed by atoms with Gasteiger partial charge in [-0.1, -0.05) is 6.07 Å². The minimum atomic E-state index is -0.694. The van der Waals surface area contributed by atoms with E-state index in [1.54, 1.807) is 38.4 Å². The smallest absolute Gasteiger partial charge is 0.295 e. The third kappa shape index (κ3) is 3.35. The van der Waals surface area contributed by atoms with Gasteiger partial charge in [-0.3, -0.25) is 19.7 Å². The fourth-order valence-corrected chi connectivity index (χ4v) is 3.34. The first-order valence-corrected chi connectivity index (χ1v) is 8.68. The molecule has 1 saturated heterocycles. The lowest BCUT2D eigenvalue weighted by Crippen LogP contribution is -2.35. The minimum Gasteiger partial charge on any atom is -0.507 e. The van der Waals surface area contributed by atoms with Crippen LogP contribution in [0.3, 0.4) is 0 Å². The van der Waals surface area contributed by atoms with Gasteiger partial charge in [0, 0.05) is 31.2 Å². The Hall–Kier alpha value is -3.00. The van der Waals surface area contributed by atoms with Crippen molar-refractivity contribution in [1.82, 2.24) is 25.0 Å². The van der Waals surface area contributed by atoms with Crippen molar-refractivity contribution in [2.75, 3.05) is 27.2 Å². The van der Waals surface area contributed by atoms with Gasteiger partial charge in [0.05, 0.1) is 22.9 Å². The van der Waals surface area contributed by atoms with Crippen LogP contribution in [0.2, 0.25) is 0 Å². The topological polar surface area (TPSA) is 102 Å². The number of aliphatic hydroxyl groups excluding tert-OH is 1. The largest absolute Gasteiger partial charge is 0.507 e. The van der Waals surface area contributed by atoms with E-state index in [-0.39, 0.29) is 11.3 Å². The maximum atomic E-state index is 12.8. The first kappa shape index (κ1) is 18.8. The summed E-state index contributed by atoms with van der Waals surface area (Å²) in [5.74, 6) is -1.52. The SMILES string of the molecule is Cc1n[nH]c(C)c1/C(O)=C1\C(=O)C(=O)N(CCN(C)C)[C@@H]1c1cccnc1. The Balaban J connectivity index is 2.17. The molecule has 0 radical (unpaired) electrons. The number of aromatic nitrogens is 3. The van der Waals surface area contributed by atoms with Crippen molar-refractivity contribution in [3.05, 3.63) is 52.6 Å². The number of likely N-dealkylation sites (tertiary alicyclic amines) is 1. The molecular formula is C19H23N5O3. The Morgan fingerprint density at radius 1 is 1.33 bits per heavy atom. The van der Waals surface area contributed by atoms with Crippen molar-refractivity contribution >= 4 is 17.4 Å². The zero-order valence-electron chi connectivity index (χ0n) is 15.9. The minimum absolute atomic E-state index is 0.0688. The number of hydrogen-bond acceptors (Lipinski definition) is 6. The van der Waals surface area contributed by atoms with Crippen LogP contribution in [-0.2, 0) is 9.59 Å². The van der Waals surface area contributed by atoms with Gasteiger partial charge in [-0.25, -0.2) is 0 Å². The van der Waals surface area contributed by atoms with Crippen LogP contribution >= 0.6 is 0 Å². The maximum absolute atomic E-state index is 12.8. The molecule has 0 aromatic carbocycles. The molecular weight excluding hydrogens is 346 g/mol. The van der Waals surface area contributed by atoms with E-state index in [2.05, 4.69) is 15.2 Å². The number of aromatic amines is 1. The molecule has 142 valence electrons. The number of hydrogen-bond donors (Lipinski definition) is 2. The highest BCUT2D eigenvalue weighted by molar-refractivity contribution is 6.46. The summed E-state index contributed by atoms with van der Waals surface area (Å²) < 4.78 is 0. The van der Waals surface area contributed by atoms with Crippen LogP contribution in [0.15, 0.2) is 30.1 Å². The number of H-pyrrole nitrogens is 1. The van der Waals surface area contributed by atoms with Gasteiger partial charge < -0.3 is 14.9 Å². The molecule has 8 heteroatoms. The summed E-state index contributed by atoms with van der Waals surface area (Å²) in [4.78, 5) is 33.1. The number of aryl methyl sites for hydroxylation is 2. The average molecular weight is 369 g/mol. The number of pyridine rings is 1. The second-order valence-electron chi connectivity index (χ2n) is 6.89. The number of nitrogens with zero attached hydrogens (tertiary/aromatic N) is 4. The molecule has 2 N–H and O–H groups in total. The van der Waals surface area contributed by atoms with E-state index in [1.165, 1.54) is 4.90 Å². The van der Waals surface area contributed by atoms with Crippen LogP contribution in [0.1, 0.15) is 28.6 Å². The summed E-state index contributed by atoms with van der Waals surface area (Å²) in [5.41, 5.74) is 2.40. The molecule has 1 aliphatic rings. The number of nitrogens with one attached hydrogen (secondary N) is 1. The number of amides is 1. The summed E-state index contributed by atoms with van der Waals surface area (Å²) in [6, 6.07) is 2.86. The summed E-state index contributed by atoms with van der Waals surface area (Å²) in [5, 5.41) is 17.9. The summed E-state index contributed by atoms with van der Waals surface area (Å²) in [6.07, 6.45) is 3.24. The molecule has 0 unspecified atom stereocenters. The maximum Gasteiger partial charge on any atom is 0.295 e. The predicted molar refractivity (Wildman–Crippen MR) is 99.9 cm³/mol. The summed E-state index contributed by atoms with van der Waals surface area (Å²) in [6.45, 7) is 4.45. The van der Waals surface area contributed by atoms with Crippen LogP contribution in [-0.4, -0.2) is 69.0 Å². The van der Waals surface area contributed by atoms with Crippen LogP contribution in [0, 0.1) is 13.8 Å². The van der Waals surface area contributed by atoms with E-state index in [0.717, 1.165) is 0 Å². The van der Waals surface area contributed by atoms with Gasteiger partial charge in [0.1, 0.15) is 5.76 Å². The molecule has 3 heterocycles. The van der Waals surface area contributed by atoms with Gasteiger partial charge in [0.2, 0.25) is 0 Å². The Kier molecular flexibility index (Phi) is 5.09. The Morgan fingerprint density at radius 2 is 2.07 bits per heavy atom. The van der Waals surface area contributed by atoms with Crippen molar-refractivity contribution in [2.45, 2.75) is 19.9 Å². The van der Waals surface area contributed by atoms with Gasteiger partial charge in [0.15, 0.2) is 0 Å². The Labute approximate surface area is 157 Å². The highest BCUT2D eigenvalue weighted by Gasteiger charge is 2.46. The highest BCUT2D eigenvalue weighted by Crippen LogP contribution is 2.39. The predicted octanol–water partition coefficient (Wildman–Crippen LogP) is 1.40. The molecule has 2 aromatic heterocycles. The molecule has 0 spiro atoms. The van der Waals surface area contributed by atoms with Crippen LogP contribution in [0.25, 0.3) is 5.76 Å². The normalized spacial score (nSPS) is 19.3. The Bertz CT molecular complexity index is 882. The monoisotopic (exact) mass is 369 g/mol. The van der Waals surface area contributed by atoms with Gasteiger partial charge in [-0.15, -0.1) is 0 Å². The molecule has 1 amide bonds. The van der Waals surface area contributed by atoms with Crippen LogP contribution in [0.4, 0.5) is 0 Å². The molecule has 1 fully saturated rings. The second-order valence-corrected chi connectivity index (χ2v) is 6.89. The van der Waals surface area contributed by atoms with E-state index in [4.69, 9.17) is 0 Å². The van der Waals surface area contributed by atoms with Gasteiger partial charge in [0.25, 0.3) is 11.7 Å². The first-order valence-electron chi connectivity index (χ1n) is 8.68. The molecule has 1 aliphatic heterocycles. The van der Waals surface area contributed by atoms with Crippen molar-refractivity contribution in [2.24, 2.45) is 0 Å². The van der Waals surface area contributed by atoms with E-state index in [0.29, 0.717) is 35.6 Å². The van der Waals surface area contributed by atoms with Gasteiger partial charge >= 0.3 is 0 Å². The molecule has 0 bridgehead atoms. The Morgan fingerprint density at radius 3 is 2.63 bits per heavy atom. The van der Waals surface area contributed by atoms with Crippen molar-refractivity contribution in [3.63, 3.8) is 0 Å². The molecule has 1 atom stereocenters. The van der Waals surface area contributed by atoms with E-state index in [9.17, 15) is 14.7 Å². The summed E-state index contributed by atoms with van der Waals surface area (Å²) in [7, 11) is 3.79. The molecule has 0 saturated carbocycles. The fourth-order valence-electron chi connectivity index (χ4n) is 3.34. The number of Topliss-reactive ketones (excluding diaryl/α,β-unsaturated/α-hetero) is 1. The lowest BCUT2D eigenvalue weighted by molar-refractivity contribution is -0.140. The van der Waals surface area contributed by atoms with E-state index >= 15 is 0 Å². The van der Waals surface area contributed by atoms with Gasteiger partial charge in [-0.2, -0.15) is 5.10 Å². The number of likely N-dealkylation sites (N-methyl/N-ethyl adjacent to an activating group) is 1. The van der Waals surface area contributed by atoms with Crippen molar-refractivity contribution in [1.29, 1.82) is 0 Å². The number of carbonyl (C=O) groups is 2. The zero-order chi connectivity index (χ0) is 19.7. The average Bonchev–Trinajstić information content (AvgIpc) is 3.10. The quantitative estimate of drug-likeness (QED) is 0.469. The second kappa shape index (κ2) is 7.32. The van der Waals surface area contributed by atoms with Crippen molar-refractivity contribution in [3.8, 4) is 0 Å². The zero-order valence-corrected chi connectivity index (χ0v) is 15.9. The van der Waals surface area contributed by atoms with Crippen LogP contribution < -0.4 is 0 Å². The third-order valence-corrected chi connectivity index (χ3v) is 4.69. The fraction of sp³-hybridized carbons (Fsp3) is 0.368. The summed E-state index contributed by atoms with van der Waals surface area (Å²) >= 11 is 0. The molecule has 2 aromatic rings. The number of rotatable bonds is 5. The lowest BCUT2D eigenvalue weighted by atomic mass is 9.95. The number of carbonyl (C=O) groups excluding carboxylic acids is 2. The first-order chi connectivity index (χ1) is 12.8. The lowest BCUT2D eigenvalue weighted by Gasteiger charge is -2.26. The van der Waals surface area contributed by atoms with E-state index < -0.39 is 17.7 Å². The van der Waals surface area contributed by atoms with Gasteiger partial charge in [-0.05, 0) is 39.6 Å². The van der Waals surface area contributed by atoms with Crippen LogP contribution in [0.5, 0.6) is 0 Å². The number of ketones is 1. The van der Waals surface area contributed by atoms with E-state index in [1.807, 2.05) is 19.0 Å². The van der Waals surface area contributed by atoms with Crippen molar-refractivity contribution < 1.29 is 14.7 Å². The molecule has 0 aliphatic carbocycles. The standard InChI is InChI=1S/C19H23N5O3/c1-11-14(12(2)22-21-11)17(25)15-16(13-6-5-7-20-10-13)24(9-8-23(3)4)19(27)18(15)26/h5-7,10,16,25H,8-9H2,1-4H3,(H,21,22)/b17-15+/t16-/m1/s1. The number of aliphatic hydroxyl groups is 1.